The Bertz CT molecular complexity index is 754. The van der Waals surface area contributed by atoms with Crippen molar-refractivity contribution in [3.63, 3.8) is 0 Å². The van der Waals surface area contributed by atoms with E-state index in [0.717, 1.165) is 17.3 Å². The highest BCUT2D eigenvalue weighted by molar-refractivity contribution is 6.04. The molecular weight excluding hydrogens is 282 g/mol. The van der Waals surface area contributed by atoms with Crippen LogP contribution in [-0.2, 0) is 4.79 Å². The van der Waals surface area contributed by atoms with Gasteiger partial charge >= 0.3 is 5.97 Å². The highest BCUT2D eigenvalue weighted by atomic mass is 16.4. The average Bonchev–Trinajstić information content (AvgIpc) is 2.49. The summed E-state index contributed by atoms with van der Waals surface area (Å²) in [5, 5.41) is 11.4. The lowest BCUT2D eigenvalue weighted by Crippen LogP contribution is -2.13. The van der Waals surface area contributed by atoms with Crippen molar-refractivity contribution in [1.29, 1.82) is 0 Å². The molecule has 1 aromatic heterocycles. The molecule has 2 aromatic rings. The van der Waals surface area contributed by atoms with E-state index in [0.29, 0.717) is 0 Å². The van der Waals surface area contributed by atoms with Gasteiger partial charge in [-0.1, -0.05) is 18.2 Å². The van der Waals surface area contributed by atoms with E-state index < -0.39 is 11.9 Å². The highest BCUT2D eigenvalue weighted by Crippen LogP contribution is 2.12. The first-order valence-corrected chi connectivity index (χ1v) is 6.57. The van der Waals surface area contributed by atoms with E-state index in [-0.39, 0.29) is 11.4 Å². The fourth-order valence-corrected chi connectivity index (χ4v) is 1.78. The normalized spacial score (nSPS) is 10.6. The monoisotopic (exact) mass is 297 g/mol. The summed E-state index contributed by atoms with van der Waals surface area (Å²) in [5.41, 5.74) is 3.04. The highest BCUT2D eigenvalue weighted by Gasteiger charge is 2.12. The van der Waals surface area contributed by atoms with Crippen LogP contribution in [0.5, 0.6) is 0 Å². The third-order valence-corrected chi connectivity index (χ3v) is 3.14. The minimum Gasteiger partial charge on any atom is -0.477 e. The second-order valence-electron chi connectivity index (χ2n) is 4.76. The number of carbonyl (C=O) groups excluding carboxylic acids is 1. The maximum absolute atomic E-state index is 11.9. The molecule has 112 valence electrons. The standard InChI is InChI=1S/C16H15N3O3/c1-10-3-4-12(7-11(10)2)5-6-14(20)19-15-13(16(21)22)8-17-9-18-15/h3-9H,1-2H3,(H,21,22)(H,17,18,19,20)/b6-5+. The second kappa shape index (κ2) is 6.62. The molecule has 0 bridgehead atoms. The summed E-state index contributed by atoms with van der Waals surface area (Å²) >= 11 is 0. The number of hydrogen-bond acceptors (Lipinski definition) is 4. The van der Waals surface area contributed by atoms with Gasteiger partial charge in [0.15, 0.2) is 5.82 Å². The number of nitrogens with zero attached hydrogens (tertiary/aromatic N) is 2. The molecule has 0 aliphatic rings. The summed E-state index contributed by atoms with van der Waals surface area (Å²) in [4.78, 5) is 30.3. The number of aromatic nitrogens is 2. The Balaban J connectivity index is 2.11. The molecule has 2 rings (SSSR count). The van der Waals surface area contributed by atoms with Crippen molar-refractivity contribution in [2.75, 3.05) is 5.32 Å². The number of amides is 1. The van der Waals surface area contributed by atoms with Gasteiger partial charge in [0.05, 0.1) is 0 Å². The van der Waals surface area contributed by atoms with Crippen molar-refractivity contribution in [2.24, 2.45) is 0 Å². The largest absolute Gasteiger partial charge is 0.477 e. The van der Waals surface area contributed by atoms with Crippen LogP contribution in [0.15, 0.2) is 36.8 Å². The van der Waals surface area contributed by atoms with E-state index in [9.17, 15) is 9.59 Å². The lowest BCUT2D eigenvalue weighted by Gasteiger charge is -2.04. The molecule has 0 spiro atoms. The fraction of sp³-hybridized carbons (Fsp3) is 0.125. The summed E-state index contributed by atoms with van der Waals surface area (Å²) in [6.45, 7) is 4.00. The molecule has 0 saturated heterocycles. The number of rotatable bonds is 4. The van der Waals surface area contributed by atoms with E-state index in [1.54, 1.807) is 6.08 Å². The molecule has 6 nitrogen and oxygen atoms in total. The van der Waals surface area contributed by atoms with E-state index in [2.05, 4.69) is 15.3 Å². The van der Waals surface area contributed by atoms with Crippen LogP contribution in [0, 0.1) is 13.8 Å². The molecule has 1 aromatic carbocycles. The summed E-state index contributed by atoms with van der Waals surface area (Å²) in [7, 11) is 0. The number of aryl methyl sites for hydroxylation is 2. The van der Waals surface area contributed by atoms with E-state index in [1.807, 2.05) is 32.0 Å². The molecule has 0 radical (unpaired) electrons. The predicted octanol–water partition coefficient (Wildman–Crippen LogP) is 2.44. The Morgan fingerprint density at radius 1 is 1.23 bits per heavy atom. The molecule has 2 N–H and O–H groups in total. The topological polar surface area (TPSA) is 92.2 Å². The summed E-state index contributed by atoms with van der Waals surface area (Å²) in [6, 6.07) is 5.84. The summed E-state index contributed by atoms with van der Waals surface area (Å²) in [5.74, 6) is -1.69. The Labute approximate surface area is 127 Å². The first kappa shape index (κ1) is 15.4. The average molecular weight is 297 g/mol. The van der Waals surface area contributed by atoms with Gasteiger partial charge in [0.1, 0.15) is 11.9 Å². The zero-order valence-electron chi connectivity index (χ0n) is 12.2. The Hall–Kier alpha value is -3.02. The number of benzene rings is 1. The number of aromatic carboxylic acids is 1. The lowest BCUT2D eigenvalue weighted by molar-refractivity contribution is -0.111. The van der Waals surface area contributed by atoms with E-state index in [1.165, 1.54) is 18.0 Å². The Kier molecular flexibility index (Phi) is 4.63. The third-order valence-electron chi connectivity index (χ3n) is 3.14. The number of nitrogens with one attached hydrogen (secondary N) is 1. The van der Waals surface area contributed by atoms with Crippen LogP contribution < -0.4 is 5.32 Å². The minimum absolute atomic E-state index is 0.0303. The second-order valence-corrected chi connectivity index (χ2v) is 4.76. The van der Waals surface area contributed by atoms with Crippen molar-refractivity contribution < 1.29 is 14.7 Å². The quantitative estimate of drug-likeness (QED) is 0.846. The molecule has 1 heterocycles. The molecule has 22 heavy (non-hydrogen) atoms. The van der Waals surface area contributed by atoms with Gasteiger partial charge in [0, 0.05) is 12.3 Å². The number of carboxylic acids is 1. The van der Waals surface area contributed by atoms with Crippen molar-refractivity contribution in [1.82, 2.24) is 9.97 Å². The molecule has 0 atom stereocenters. The maximum Gasteiger partial charge on any atom is 0.341 e. The van der Waals surface area contributed by atoms with E-state index >= 15 is 0 Å². The van der Waals surface area contributed by atoms with Crippen LogP contribution in [0.25, 0.3) is 6.08 Å². The van der Waals surface area contributed by atoms with Gasteiger partial charge < -0.3 is 10.4 Å². The number of anilines is 1. The zero-order chi connectivity index (χ0) is 16.1. The fourth-order valence-electron chi connectivity index (χ4n) is 1.78. The predicted molar refractivity (Wildman–Crippen MR) is 82.6 cm³/mol. The van der Waals surface area contributed by atoms with Gasteiger partial charge in [-0.05, 0) is 36.6 Å². The number of carbonyl (C=O) groups is 2. The molecule has 0 unspecified atom stereocenters. The maximum atomic E-state index is 11.9. The van der Waals surface area contributed by atoms with E-state index in [4.69, 9.17) is 5.11 Å². The van der Waals surface area contributed by atoms with Crippen molar-refractivity contribution in [3.8, 4) is 0 Å². The minimum atomic E-state index is -1.20. The molecule has 0 fully saturated rings. The van der Waals surface area contributed by atoms with Crippen LogP contribution in [0.3, 0.4) is 0 Å². The molecule has 0 aliphatic carbocycles. The SMILES string of the molecule is Cc1ccc(/C=C/C(=O)Nc2ncncc2C(=O)O)cc1C. The Morgan fingerprint density at radius 3 is 2.68 bits per heavy atom. The number of carboxylic acid groups (broad SMARTS) is 1. The molecule has 6 heteroatoms. The first-order valence-electron chi connectivity index (χ1n) is 6.57. The van der Waals surface area contributed by atoms with Crippen molar-refractivity contribution in [3.05, 3.63) is 59.1 Å². The van der Waals surface area contributed by atoms with Gasteiger partial charge in [-0.2, -0.15) is 0 Å². The Morgan fingerprint density at radius 2 is 2.00 bits per heavy atom. The lowest BCUT2D eigenvalue weighted by atomic mass is 10.1. The van der Waals surface area contributed by atoms with Crippen LogP contribution in [0.4, 0.5) is 5.82 Å². The van der Waals surface area contributed by atoms with Crippen LogP contribution in [0.2, 0.25) is 0 Å². The van der Waals surface area contributed by atoms with Crippen LogP contribution in [0.1, 0.15) is 27.0 Å². The van der Waals surface area contributed by atoms with Gasteiger partial charge in [-0.25, -0.2) is 14.8 Å². The van der Waals surface area contributed by atoms with Crippen LogP contribution in [-0.4, -0.2) is 27.0 Å². The van der Waals surface area contributed by atoms with Gasteiger partial charge in [-0.3, -0.25) is 4.79 Å². The van der Waals surface area contributed by atoms with Gasteiger partial charge in [0.25, 0.3) is 0 Å². The molecule has 0 saturated carbocycles. The van der Waals surface area contributed by atoms with Gasteiger partial charge in [-0.15, -0.1) is 0 Å². The first-order chi connectivity index (χ1) is 10.5. The smallest absolute Gasteiger partial charge is 0.341 e. The number of hydrogen-bond donors (Lipinski definition) is 2. The summed E-state index contributed by atoms with van der Waals surface area (Å²) in [6.07, 6.45) is 5.30. The van der Waals surface area contributed by atoms with Crippen molar-refractivity contribution >= 4 is 23.8 Å². The van der Waals surface area contributed by atoms with Gasteiger partial charge in [0.2, 0.25) is 5.91 Å². The molecule has 1 amide bonds. The zero-order valence-corrected chi connectivity index (χ0v) is 12.2. The van der Waals surface area contributed by atoms with Crippen LogP contribution >= 0.6 is 0 Å². The van der Waals surface area contributed by atoms with Crippen molar-refractivity contribution in [2.45, 2.75) is 13.8 Å². The molecular formula is C16H15N3O3. The third kappa shape index (κ3) is 3.76. The molecule has 0 aliphatic heterocycles. The summed E-state index contributed by atoms with van der Waals surface area (Å²) < 4.78 is 0.